The van der Waals surface area contributed by atoms with Gasteiger partial charge in [0.05, 0.1) is 18.2 Å². The van der Waals surface area contributed by atoms with Crippen LogP contribution in [0.25, 0.3) is 0 Å². The first-order valence-corrected chi connectivity index (χ1v) is 7.27. The first-order valence-electron chi connectivity index (χ1n) is 6.90. The van der Waals surface area contributed by atoms with Gasteiger partial charge in [-0.1, -0.05) is 18.0 Å². The third kappa shape index (κ3) is 3.87. The number of ether oxygens (including phenoxy) is 1. The quantitative estimate of drug-likeness (QED) is 0.898. The minimum atomic E-state index is -0.221. The largest absolute Gasteiger partial charge is 0.495 e. The molecule has 5 heteroatoms. The zero-order chi connectivity index (χ0) is 14.5. The number of carbonyl (C=O) groups is 1. The summed E-state index contributed by atoms with van der Waals surface area (Å²) in [5.74, 6) is 0.712. The molecule has 2 unspecified atom stereocenters. The van der Waals surface area contributed by atoms with Crippen molar-refractivity contribution in [3.8, 4) is 5.75 Å². The molecule has 0 aliphatic heterocycles. The van der Waals surface area contributed by atoms with Crippen LogP contribution in [0.5, 0.6) is 5.75 Å². The number of carbonyl (C=O) groups excluding carboxylic acids is 1. The number of hydrogen-bond donors (Lipinski definition) is 2. The summed E-state index contributed by atoms with van der Waals surface area (Å²) in [6.07, 6.45) is 3.50. The van der Waals surface area contributed by atoms with Crippen LogP contribution >= 0.6 is 11.6 Å². The van der Waals surface area contributed by atoms with E-state index in [9.17, 15) is 9.90 Å². The van der Waals surface area contributed by atoms with Gasteiger partial charge >= 0.3 is 0 Å². The van der Waals surface area contributed by atoms with Crippen molar-refractivity contribution >= 4 is 17.5 Å². The Kier molecular flexibility index (Phi) is 5.26. The average Bonchev–Trinajstić information content (AvgIpc) is 2.45. The van der Waals surface area contributed by atoms with Gasteiger partial charge in [-0.05, 0) is 43.4 Å². The van der Waals surface area contributed by atoms with Gasteiger partial charge < -0.3 is 15.2 Å². The van der Waals surface area contributed by atoms with Crippen LogP contribution in [0.15, 0.2) is 18.2 Å². The Bertz CT molecular complexity index is 478. The van der Waals surface area contributed by atoms with Crippen molar-refractivity contribution in [2.24, 2.45) is 5.92 Å². The highest BCUT2D eigenvalue weighted by molar-refractivity contribution is 6.32. The molecule has 0 bridgehead atoms. The second-order valence-electron chi connectivity index (χ2n) is 5.25. The van der Waals surface area contributed by atoms with Crippen molar-refractivity contribution in [3.63, 3.8) is 0 Å². The lowest BCUT2D eigenvalue weighted by molar-refractivity contribution is 0.0873. The van der Waals surface area contributed by atoms with Crippen molar-refractivity contribution in [3.05, 3.63) is 28.8 Å². The third-order valence-electron chi connectivity index (χ3n) is 3.72. The lowest BCUT2D eigenvalue weighted by atomic mass is 9.87. The molecule has 110 valence electrons. The standard InChI is InChI=1S/C15H20ClNO3/c1-20-14-8-11(5-6-13(14)16)15(19)17-9-10-3-2-4-12(18)7-10/h5-6,8,10,12,18H,2-4,7,9H2,1H3,(H,17,19). The van der Waals surface area contributed by atoms with Crippen LogP contribution in [-0.4, -0.2) is 30.8 Å². The van der Waals surface area contributed by atoms with Crippen LogP contribution in [-0.2, 0) is 0 Å². The molecule has 0 spiro atoms. The van der Waals surface area contributed by atoms with E-state index in [-0.39, 0.29) is 12.0 Å². The molecule has 0 aromatic heterocycles. The molecule has 2 atom stereocenters. The summed E-state index contributed by atoms with van der Waals surface area (Å²) in [5, 5.41) is 13.0. The van der Waals surface area contributed by atoms with Gasteiger partial charge in [0, 0.05) is 12.1 Å². The lowest BCUT2D eigenvalue weighted by Crippen LogP contribution is -2.32. The number of nitrogens with one attached hydrogen (secondary N) is 1. The van der Waals surface area contributed by atoms with E-state index in [1.165, 1.54) is 7.11 Å². The predicted octanol–water partition coefficient (Wildman–Crippen LogP) is 2.63. The fourth-order valence-electron chi connectivity index (χ4n) is 2.59. The molecule has 0 saturated heterocycles. The maximum absolute atomic E-state index is 12.1. The van der Waals surface area contributed by atoms with E-state index in [2.05, 4.69) is 5.32 Å². The van der Waals surface area contributed by atoms with Gasteiger partial charge in [-0.15, -0.1) is 0 Å². The molecule has 0 heterocycles. The number of hydrogen-bond acceptors (Lipinski definition) is 3. The van der Waals surface area contributed by atoms with Crippen LogP contribution in [0.4, 0.5) is 0 Å². The van der Waals surface area contributed by atoms with Gasteiger partial charge in [0.1, 0.15) is 5.75 Å². The highest BCUT2D eigenvalue weighted by Crippen LogP contribution is 2.26. The number of amides is 1. The molecule has 1 amide bonds. The number of aliphatic hydroxyl groups excluding tert-OH is 1. The zero-order valence-electron chi connectivity index (χ0n) is 11.6. The summed E-state index contributed by atoms with van der Waals surface area (Å²) in [5.41, 5.74) is 0.530. The van der Waals surface area contributed by atoms with Crippen LogP contribution in [0, 0.1) is 5.92 Å². The smallest absolute Gasteiger partial charge is 0.251 e. The Morgan fingerprint density at radius 3 is 3.00 bits per heavy atom. The molecule has 2 rings (SSSR count). The molecule has 2 N–H and O–H groups in total. The lowest BCUT2D eigenvalue weighted by Gasteiger charge is -2.25. The van der Waals surface area contributed by atoms with Gasteiger partial charge in [0.2, 0.25) is 0 Å². The van der Waals surface area contributed by atoms with Crippen molar-refractivity contribution in [2.75, 3.05) is 13.7 Å². The molecular weight excluding hydrogens is 278 g/mol. The third-order valence-corrected chi connectivity index (χ3v) is 4.03. The van der Waals surface area contributed by atoms with E-state index in [0.29, 0.717) is 28.8 Å². The van der Waals surface area contributed by atoms with E-state index in [1.54, 1.807) is 18.2 Å². The summed E-state index contributed by atoms with van der Waals surface area (Å²) < 4.78 is 5.10. The van der Waals surface area contributed by atoms with Crippen molar-refractivity contribution in [1.29, 1.82) is 0 Å². The monoisotopic (exact) mass is 297 g/mol. The fraction of sp³-hybridized carbons (Fsp3) is 0.533. The van der Waals surface area contributed by atoms with Crippen molar-refractivity contribution in [1.82, 2.24) is 5.32 Å². The van der Waals surface area contributed by atoms with E-state index < -0.39 is 0 Å². The van der Waals surface area contributed by atoms with Gasteiger partial charge in [0.15, 0.2) is 0 Å². The second kappa shape index (κ2) is 6.95. The number of rotatable bonds is 4. The fourth-order valence-corrected chi connectivity index (χ4v) is 2.78. The minimum Gasteiger partial charge on any atom is -0.495 e. The number of methoxy groups -OCH3 is 1. The number of benzene rings is 1. The molecule has 1 aliphatic carbocycles. The van der Waals surface area contributed by atoms with E-state index in [0.717, 1.165) is 25.7 Å². The predicted molar refractivity (Wildman–Crippen MR) is 78.3 cm³/mol. The molecular formula is C15H20ClNO3. The van der Waals surface area contributed by atoms with Crippen LogP contribution < -0.4 is 10.1 Å². The minimum absolute atomic E-state index is 0.139. The SMILES string of the molecule is COc1cc(C(=O)NCC2CCCC(O)C2)ccc1Cl. The summed E-state index contributed by atoms with van der Waals surface area (Å²) in [4.78, 5) is 12.1. The van der Waals surface area contributed by atoms with Gasteiger partial charge in [-0.3, -0.25) is 4.79 Å². The van der Waals surface area contributed by atoms with Gasteiger partial charge in [-0.25, -0.2) is 0 Å². The molecule has 0 radical (unpaired) electrons. The summed E-state index contributed by atoms with van der Waals surface area (Å²) in [6, 6.07) is 4.96. The Morgan fingerprint density at radius 2 is 2.30 bits per heavy atom. The van der Waals surface area contributed by atoms with Gasteiger partial charge in [-0.2, -0.15) is 0 Å². The maximum atomic E-state index is 12.1. The van der Waals surface area contributed by atoms with E-state index in [1.807, 2.05) is 0 Å². The Hall–Kier alpha value is -1.26. The first-order chi connectivity index (χ1) is 9.60. The topological polar surface area (TPSA) is 58.6 Å². The van der Waals surface area contributed by atoms with Crippen molar-refractivity contribution < 1.29 is 14.6 Å². The molecule has 1 aromatic rings. The van der Waals surface area contributed by atoms with Crippen LogP contribution in [0.2, 0.25) is 5.02 Å². The Labute approximate surface area is 124 Å². The first kappa shape index (κ1) is 15.1. The summed E-state index contributed by atoms with van der Waals surface area (Å²) >= 11 is 5.93. The van der Waals surface area contributed by atoms with E-state index >= 15 is 0 Å². The van der Waals surface area contributed by atoms with Crippen LogP contribution in [0.1, 0.15) is 36.0 Å². The maximum Gasteiger partial charge on any atom is 0.251 e. The zero-order valence-corrected chi connectivity index (χ0v) is 12.3. The van der Waals surface area contributed by atoms with E-state index in [4.69, 9.17) is 16.3 Å². The molecule has 1 fully saturated rings. The molecule has 1 aromatic carbocycles. The normalized spacial score (nSPS) is 22.4. The molecule has 1 aliphatic rings. The molecule has 1 saturated carbocycles. The highest BCUT2D eigenvalue weighted by atomic mass is 35.5. The van der Waals surface area contributed by atoms with Crippen LogP contribution in [0.3, 0.4) is 0 Å². The van der Waals surface area contributed by atoms with Crippen molar-refractivity contribution in [2.45, 2.75) is 31.8 Å². The second-order valence-corrected chi connectivity index (χ2v) is 5.65. The number of aliphatic hydroxyl groups is 1. The highest BCUT2D eigenvalue weighted by Gasteiger charge is 2.20. The van der Waals surface area contributed by atoms with Gasteiger partial charge in [0.25, 0.3) is 5.91 Å². The Balaban J connectivity index is 1.91. The number of halogens is 1. The Morgan fingerprint density at radius 1 is 1.50 bits per heavy atom. The summed E-state index contributed by atoms with van der Waals surface area (Å²) in [7, 11) is 1.52. The average molecular weight is 298 g/mol. The summed E-state index contributed by atoms with van der Waals surface area (Å²) in [6.45, 7) is 0.598. The molecule has 4 nitrogen and oxygen atoms in total. The molecule has 20 heavy (non-hydrogen) atoms.